The molecule has 0 saturated carbocycles. The molecule has 2 heterocycles. The lowest BCUT2D eigenvalue weighted by Gasteiger charge is -2.29. The highest BCUT2D eigenvalue weighted by Gasteiger charge is 2.24. The molecule has 6 heteroatoms. The molecule has 20 heavy (non-hydrogen) atoms. The fourth-order valence-corrected chi connectivity index (χ4v) is 2.98. The third-order valence-electron chi connectivity index (χ3n) is 3.33. The average Bonchev–Trinajstić information content (AvgIpc) is 2.43. The first-order valence-corrected chi connectivity index (χ1v) is 8.33. The molecule has 1 N–H and O–H groups in total. The maximum atomic E-state index is 5.84. The lowest BCUT2D eigenvalue weighted by Crippen LogP contribution is -2.36. The molecule has 2 rings (SSSR count). The minimum atomic E-state index is -0.0150. The van der Waals surface area contributed by atoms with E-state index in [9.17, 15) is 0 Å². The summed E-state index contributed by atoms with van der Waals surface area (Å²) in [4.78, 5) is 11.7. The van der Waals surface area contributed by atoms with Crippen LogP contribution in [0.5, 0.6) is 0 Å². The summed E-state index contributed by atoms with van der Waals surface area (Å²) in [5.74, 6) is 1.76. The lowest BCUT2D eigenvalue weighted by molar-refractivity contribution is -0.0255. The van der Waals surface area contributed by atoms with E-state index in [1.165, 1.54) is 0 Å². The van der Waals surface area contributed by atoms with Gasteiger partial charge in [-0.05, 0) is 43.0 Å². The van der Waals surface area contributed by atoms with E-state index in [1.807, 2.05) is 0 Å². The van der Waals surface area contributed by atoms with Gasteiger partial charge >= 0.3 is 0 Å². The molecule has 1 aliphatic rings. The van der Waals surface area contributed by atoms with Crippen LogP contribution in [0.4, 0.5) is 5.82 Å². The normalized spacial score (nSPS) is 20.1. The van der Waals surface area contributed by atoms with Crippen LogP contribution in [0.1, 0.15) is 37.9 Å². The van der Waals surface area contributed by atoms with Gasteiger partial charge in [0, 0.05) is 19.6 Å². The first-order chi connectivity index (χ1) is 9.65. The van der Waals surface area contributed by atoms with E-state index in [4.69, 9.17) is 9.72 Å². The molecular formula is C14H23IN4O. The Morgan fingerprint density at radius 3 is 2.85 bits per heavy atom. The number of rotatable bonds is 5. The summed E-state index contributed by atoms with van der Waals surface area (Å²) in [7, 11) is 2.11. The highest BCUT2D eigenvalue weighted by atomic mass is 127. The molecule has 0 aliphatic carbocycles. The van der Waals surface area contributed by atoms with Crippen LogP contribution in [0.3, 0.4) is 0 Å². The van der Waals surface area contributed by atoms with E-state index in [0.29, 0.717) is 0 Å². The monoisotopic (exact) mass is 390 g/mol. The summed E-state index contributed by atoms with van der Waals surface area (Å²) in [5.41, 5.74) is 1.13. The van der Waals surface area contributed by atoms with E-state index in [-0.39, 0.29) is 6.10 Å². The van der Waals surface area contributed by atoms with Gasteiger partial charge in [0.15, 0.2) is 5.82 Å². The van der Waals surface area contributed by atoms with Crippen molar-refractivity contribution in [3.05, 3.63) is 15.1 Å². The Hall–Kier alpha value is -0.470. The minimum absolute atomic E-state index is 0.0150. The first kappa shape index (κ1) is 15.9. The quantitative estimate of drug-likeness (QED) is 0.783. The summed E-state index contributed by atoms with van der Waals surface area (Å²) < 4.78 is 6.98. The maximum Gasteiger partial charge on any atom is 0.161 e. The zero-order valence-corrected chi connectivity index (χ0v) is 14.6. The van der Waals surface area contributed by atoms with Gasteiger partial charge in [-0.15, -0.1) is 0 Å². The van der Waals surface area contributed by atoms with Gasteiger partial charge in [-0.2, -0.15) is 0 Å². The van der Waals surface area contributed by atoms with Crippen molar-refractivity contribution in [2.75, 3.05) is 38.6 Å². The molecule has 1 aromatic heterocycles. The van der Waals surface area contributed by atoms with Gasteiger partial charge in [-0.25, -0.2) is 9.97 Å². The molecule has 0 spiro atoms. The second kappa shape index (κ2) is 7.51. The number of nitrogens with one attached hydrogen (secondary N) is 1. The molecule has 1 saturated heterocycles. The summed E-state index contributed by atoms with van der Waals surface area (Å²) in [5, 5.41) is 3.34. The predicted molar refractivity (Wildman–Crippen MR) is 89.1 cm³/mol. The summed E-state index contributed by atoms with van der Waals surface area (Å²) in [6.07, 6.45) is 2.05. The second-order valence-electron chi connectivity index (χ2n) is 5.09. The molecule has 1 aliphatic heterocycles. The predicted octanol–water partition coefficient (Wildman–Crippen LogP) is 2.47. The third-order valence-corrected chi connectivity index (χ3v) is 4.46. The molecule has 1 unspecified atom stereocenters. The largest absolute Gasteiger partial charge is 0.369 e. The number of anilines is 1. The van der Waals surface area contributed by atoms with Crippen LogP contribution in [-0.2, 0) is 11.2 Å². The van der Waals surface area contributed by atoms with Crippen LogP contribution >= 0.6 is 22.6 Å². The third kappa shape index (κ3) is 3.79. The molecule has 1 fully saturated rings. The van der Waals surface area contributed by atoms with Crippen molar-refractivity contribution in [3.8, 4) is 0 Å². The van der Waals surface area contributed by atoms with E-state index >= 15 is 0 Å². The van der Waals surface area contributed by atoms with Crippen LogP contribution in [-0.4, -0.2) is 48.2 Å². The number of halogens is 1. The van der Waals surface area contributed by atoms with Crippen molar-refractivity contribution in [1.82, 2.24) is 14.9 Å². The Balaban J connectivity index is 2.31. The molecule has 1 atom stereocenters. The highest BCUT2D eigenvalue weighted by molar-refractivity contribution is 14.1. The average molecular weight is 390 g/mol. The molecule has 5 nitrogen and oxygen atoms in total. The van der Waals surface area contributed by atoms with E-state index in [2.05, 4.69) is 58.7 Å². The van der Waals surface area contributed by atoms with Crippen LogP contribution in [0, 0.1) is 3.57 Å². The summed E-state index contributed by atoms with van der Waals surface area (Å²) >= 11 is 2.34. The van der Waals surface area contributed by atoms with E-state index in [1.54, 1.807) is 0 Å². The number of aryl methyl sites for hydroxylation is 1. The van der Waals surface area contributed by atoms with Crippen molar-refractivity contribution in [2.45, 2.75) is 32.8 Å². The number of nitrogens with zero attached hydrogens (tertiary/aromatic N) is 3. The van der Waals surface area contributed by atoms with Crippen molar-refractivity contribution in [1.29, 1.82) is 0 Å². The zero-order valence-electron chi connectivity index (χ0n) is 12.4. The van der Waals surface area contributed by atoms with Crippen LogP contribution in [0.15, 0.2) is 0 Å². The fourth-order valence-electron chi connectivity index (χ4n) is 2.28. The molecular weight excluding hydrogens is 367 g/mol. The van der Waals surface area contributed by atoms with Gasteiger partial charge in [-0.3, -0.25) is 0 Å². The number of morpholine rings is 1. The Labute approximate surface area is 134 Å². The molecule has 0 radical (unpaired) electrons. The van der Waals surface area contributed by atoms with Crippen molar-refractivity contribution < 1.29 is 4.74 Å². The summed E-state index contributed by atoms with van der Waals surface area (Å²) in [6, 6.07) is 0. The second-order valence-corrected chi connectivity index (χ2v) is 6.17. The first-order valence-electron chi connectivity index (χ1n) is 7.26. The van der Waals surface area contributed by atoms with E-state index < -0.39 is 0 Å². The van der Waals surface area contributed by atoms with Gasteiger partial charge in [0.25, 0.3) is 0 Å². The smallest absolute Gasteiger partial charge is 0.161 e. The van der Waals surface area contributed by atoms with Gasteiger partial charge in [-0.1, -0.05) is 13.3 Å². The number of likely N-dealkylation sites (N-methyl/N-ethyl adjacent to an activating group) is 1. The minimum Gasteiger partial charge on any atom is -0.369 e. The van der Waals surface area contributed by atoms with Crippen LogP contribution in [0.25, 0.3) is 0 Å². The Kier molecular flexibility index (Phi) is 5.98. The van der Waals surface area contributed by atoms with Gasteiger partial charge in [0.2, 0.25) is 0 Å². The van der Waals surface area contributed by atoms with E-state index in [0.717, 1.165) is 60.0 Å². The molecule has 0 amide bonds. The van der Waals surface area contributed by atoms with Crippen LogP contribution in [0.2, 0.25) is 0 Å². The number of ether oxygens (including phenoxy) is 1. The van der Waals surface area contributed by atoms with Gasteiger partial charge in [0.1, 0.15) is 11.9 Å². The Morgan fingerprint density at radius 2 is 2.20 bits per heavy atom. The van der Waals surface area contributed by atoms with Crippen molar-refractivity contribution in [2.24, 2.45) is 0 Å². The van der Waals surface area contributed by atoms with Crippen LogP contribution < -0.4 is 5.32 Å². The topological polar surface area (TPSA) is 50.3 Å². The Morgan fingerprint density at radius 1 is 1.40 bits per heavy atom. The standard InChI is InChI=1S/C14H23IN4O/c1-4-6-10-12(15)14(16-5-2)18-13(17-10)11-9-19(3)7-8-20-11/h11H,4-9H2,1-3H3,(H,16,17,18). The summed E-state index contributed by atoms with van der Waals surface area (Å²) in [6.45, 7) is 7.71. The zero-order chi connectivity index (χ0) is 14.5. The molecule has 0 aromatic carbocycles. The number of hydrogen-bond acceptors (Lipinski definition) is 5. The fraction of sp³-hybridized carbons (Fsp3) is 0.714. The molecule has 1 aromatic rings. The van der Waals surface area contributed by atoms with Gasteiger partial charge in [0.05, 0.1) is 15.9 Å². The molecule has 0 bridgehead atoms. The lowest BCUT2D eigenvalue weighted by atomic mass is 10.2. The number of aromatic nitrogens is 2. The number of hydrogen-bond donors (Lipinski definition) is 1. The van der Waals surface area contributed by atoms with Crippen molar-refractivity contribution in [3.63, 3.8) is 0 Å². The van der Waals surface area contributed by atoms with Gasteiger partial charge < -0.3 is 15.0 Å². The molecule has 112 valence electrons. The maximum absolute atomic E-state index is 5.84. The Bertz CT molecular complexity index is 428. The SMILES string of the molecule is CCCc1nc(C2CN(C)CCO2)nc(NCC)c1I. The highest BCUT2D eigenvalue weighted by Crippen LogP contribution is 2.25. The van der Waals surface area contributed by atoms with Crippen molar-refractivity contribution >= 4 is 28.4 Å².